The van der Waals surface area contributed by atoms with Crippen molar-refractivity contribution in [1.29, 1.82) is 0 Å². The predicted molar refractivity (Wildman–Crippen MR) is 77.3 cm³/mol. The van der Waals surface area contributed by atoms with E-state index in [1.807, 2.05) is 0 Å². The molecule has 1 aromatic carbocycles. The summed E-state index contributed by atoms with van der Waals surface area (Å²) in [5.41, 5.74) is 0.679. The van der Waals surface area contributed by atoms with E-state index in [9.17, 15) is 9.18 Å². The molecule has 1 N–H and O–H groups in total. The largest absolute Gasteiger partial charge is 0.383 e. The molecule has 0 heterocycles. The third-order valence-electron chi connectivity index (χ3n) is 2.63. The highest BCUT2D eigenvalue weighted by molar-refractivity contribution is 6.31. The lowest BCUT2D eigenvalue weighted by Crippen LogP contribution is -2.41. The zero-order chi connectivity index (χ0) is 15.0. The molecule has 110 valence electrons. The van der Waals surface area contributed by atoms with Gasteiger partial charge in [0, 0.05) is 31.8 Å². The second-order valence-electron chi connectivity index (χ2n) is 4.12. The minimum absolute atomic E-state index is 0.248. The number of urea groups is 1. The molecule has 0 bridgehead atoms. The van der Waals surface area contributed by atoms with Crippen LogP contribution in [0.5, 0.6) is 0 Å². The van der Waals surface area contributed by atoms with Gasteiger partial charge in [-0.2, -0.15) is 0 Å². The van der Waals surface area contributed by atoms with Crippen LogP contribution in [-0.4, -0.2) is 37.7 Å². The molecule has 0 aromatic heterocycles. The molecule has 0 aliphatic heterocycles. The molecule has 0 saturated carbocycles. The first-order valence-electron chi connectivity index (χ1n) is 6.15. The highest BCUT2D eigenvalue weighted by atomic mass is 35.5. The molecule has 4 nitrogen and oxygen atoms in total. The molecule has 0 saturated heterocycles. The van der Waals surface area contributed by atoms with Crippen LogP contribution in [0.25, 0.3) is 0 Å². The Morgan fingerprint density at radius 2 is 2.35 bits per heavy atom. The summed E-state index contributed by atoms with van der Waals surface area (Å²) in [6.07, 6.45) is 1.59. The number of carbonyl (C=O) groups excluding carboxylic acids is 1. The summed E-state index contributed by atoms with van der Waals surface area (Å²) in [6, 6.07) is 3.87. The molecular weight excluding hydrogens is 283 g/mol. The number of nitrogens with zero attached hydrogens (tertiary/aromatic N) is 1. The van der Waals surface area contributed by atoms with Crippen LogP contribution in [0.2, 0.25) is 5.02 Å². The van der Waals surface area contributed by atoms with Crippen molar-refractivity contribution in [3.8, 4) is 0 Å². The van der Waals surface area contributed by atoms with Crippen molar-refractivity contribution in [2.24, 2.45) is 0 Å². The lowest BCUT2D eigenvalue weighted by molar-refractivity contribution is 0.147. The molecule has 0 aliphatic carbocycles. The van der Waals surface area contributed by atoms with Crippen molar-refractivity contribution in [2.45, 2.75) is 6.54 Å². The maximum Gasteiger partial charge on any atom is 0.318 e. The molecule has 1 rings (SSSR count). The third kappa shape index (κ3) is 5.19. The normalized spacial score (nSPS) is 10.2. The second kappa shape index (κ2) is 8.55. The Morgan fingerprint density at radius 1 is 1.60 bits per heavy atom. The van der Waals surface area contributed by atoms with E-state index < -0.39 is 5.82 Å². The van der Waals surface area contributed by atoms with Gasteiger partial charge in [0.15, 0.2) is 0 Å². The highest BCUT2D eigenvalue weighted by Gasteiger charge is 2.14. The molecule has 0 spiro atoms. The number of nitrogens with one attached hydrogen (secondary N) is 1. The zero-order valence-corrected chi connectivity index (χ0v) is 12.1. The van der Waals surface area contributed by atoms with Gasteiger partial charge in [0.2, 0.25) is 0 Å². The van der Waals surface area contributed by atoms with Crippen LogP contribution in [0, 0.1) is 5.82 Å². The van der Waals surface area contributed by atoms with Crippen LogP contribution < -0.4 is 5.32 Å². The maximum atomic E-state index is 13.0. The summed E-state index contributed by atoms with van der Waals surface area (Å²) in [4.78, 5) is 13.5. The topological polar surface area (TPSA) is 41.6 Å². The number of benzene rings is 1. The molecule has 0 fully saturated rings. The number of methoxy groups -OCH3 is 1. The summed E-state index contributed by atoms with van der Waals surface area (Å²) in [7, 11) is 1.56. The molecular formula is C14H18ClFN2O2. The number of amides is 2. The molecule has 0 aliphatic rings. The first-order chi connectivity index (χ1) is 9.58. The van der Waals surface area contributed by atoms with Crippen LogP contribution >= 0.6 is 11.6 Å². The Morgan fingerprint density at radius 3 is 2.95 bits per heavy atom. The Hall–Kier alpha value is -1.59. The molecule has 20 heavy (non-hydrogen) atoms. The van der Waals surface area contributed by atoms with Gasteiger partial charge in [-0.25, -0.2) is 9.18 Å². The van der Waals surface area contributed by atoms with Gasteiger partial charge < -0.3 is 15.0 Å². The summed E-state index contributed by atoms with van der Waals surface area (Å²) < 4.78 is 18.0. The number of halogens is 2. The number of carbonyl (C=O) groups is 1. The summed E-state index contributed by atoms with van der Waals surface area (Å²) in [6.45, 7) is 5.01. The highest BCUT2D eigenvalue weighted by Crippen LogP contribution is 2.19. The van der Waals surface area contributed by atoms with E-state index in [1.54, 1.807) is 24.2 Å². The minimum atomic E-state index is -0.404. The molecule has 6 heteroatoms. The SMILES string of the molecule is C=CCNC(=O)N(CCOC)Cc1ccc(F)cc1Cl. The van der Waals surface area contributed by atoms with Crippen molar-refractivity contribution in [1.82, 2.24) is 10.2 Å². The van der Waals surface area contributed by atoms with Crippen LogP contribution in [0.4, 0.5) is 9.18 Å². The van der Waals surface area contributed by atoms with Gasteiger partial charge >= 0.3 is 6.03 Å². The van der Waals surface area contributed by atoms with E-state index in [0.717, 1.165) is 0 Å². The zero-order valence-electron chi connectivity index (χ0n) is 11.4. The quantitative estimate of drug-likeness (QED) is 0.787. The number of hydrogen-bond acceptors (Lipinski definition) is 2. The van der Waals surface area contributed by atoms with E-state index in [0.29, 0.717) is 30.3 Å². The monoisotopic (exact) mass is 300 g/mol. The van der Waals surface area contributed by atoms with Gasteiger partial charge in [0.05, 0.1) is 6.61 Å². The molecule has 0 unspecified atom stereocenters. The van der Waals surface area contributed by atoms with Crippen molar-refractivity contribution < 1.29 is 13.9 Å². The van der Waals surface area contributed by atoms with E-state index in [-0.39, 0.29) is 12.6 Å². The number of hydrogen-bond donors (Lipinski definition) is 1. The molecule has 1 aromatic rings. The van der Waals surface area contributed by atoms with E-state index in [4.69, 9.17) is 16.3 Å². The summed E-state index contributed by atoms with van der Waals surface area (Å²) in [5, 5.41) is 2.98. The van der Waals surface area contributed by atoms with E-state index in [2.05, 4.69) is 11.9 Å². The van der Waals surface area contributed by atoms with E-state index >= 15 is 0 Å². The lowest BCUT2D eigenvalue weighted by atomic mass is 10.2. The lowest BCUT2D eigenvalue weighted by Gasteiger charge is -2.23. The standard InChI is InChI=1S/C14H18ClFN2O2/c1-3-6-17-14(19)18(7-8-20-2)10-11-4-5-12(16)9-13(11)15/h3-5,9H,1,6-8,10H2,2H3,(H,17,19). The van der Waals surface area contributed by atoms with Crippen molar-refractivity contribution in [3.05, 3.63) is 47.3 Å². The second-order valence-corrected chi connectivity index (χ2v) is 4.53. The fraction of sp³-hybridized carbons (Fsp3) is 0.357. The Kier molecular flexibility index (Phi) is 7.04. The predicted octanol–water partition coefficient (Wildman–Crippen LogP) is 2.82. The van der Waals surface area contributed by atoms with Crippen LogP contribution in [0.1, 0.15) is 5.56 Å². The smallest absolute Gasteiger partial charge is 0.318 e. The van der Waals surface area contributed by atoms with Crippen molar-refractivity contribution >= 4 is 17.6 Å². The summed E-state index contributed by atoms with van der Waals surface area (Å²) >= 11 is 5.97. The maximum absolute atomic E-state index is 13.0. The van der Waals surface area contributed by atoms with Gasteiger partial charge in [0.1, 0.15) is 5.82 Å². The van der Waals surface area contributed by atoms with E-state index in [1.165, 1.54) is 12.1 Å². The first-order valence-corrected chi connectivity index (χ1v) is 6.52. The fourth-order valence-electron chi connectivity index (χ4n) is 1.58. The van der Waals surface area contributed by atoms with Gasteiger partial charge in [-0.05, 0) is 17.7 Å². The van der Waals surface area contributed by atoms with Crippen molar-refractivity contribution in [3.63, 3.8) is 0 Å². The molecule has 2 amide bonds. The van der Waals surface area contributed by atoms with Gasteiger partial charge in [-0.3, -0.25) is 0 Å². The average Bonchev–Trinajstić information content (AvgIpc) is 2.43. The fourth-order valence-corrected chi connectivity index (χ4v) is 1.81. The Bertz CT molecular complexity index is 468. The number of ether oxygens (including phenoxy) is 1. The minimum Gasteiger partial charge on any atom is -0.383 e. The number of rotatable bonds is 7. The average molecular weight is 301 g/mol. The summed E-state index contributed by atoms with van der Waals surface area (Å²) in [5.74, 6) is -0.404. The molecule has 0 radical (unpaired) electrons. The van der Waals surface area contributed by atoms with Crippen LogP contribution in [-0.2, 0) is 11.3 Å². The first kappa shape index (κ1) is 16.5. The van der Waals surface area contributed by atoms with Crippen LogP contribution in [0.3, 0.4) is 0 Å². The molecule has 0 atom stereocenters. The third-order valence-corrected chi connectivity index (χ3v) is 2.98. The Balaban J connectivity index is 2.77. The van der Waals surface area contributed by atoms with Crippen molar-refractivity contribution in [2.75, 3.05) is 26.8 Å². The Labute approximate surface area is 123 Å². The van der Waals surface area contributed by atoms with Gasteiger partial charge in [-0.1, -0.05) is 23.7 Å². The van der Waals surface area contributed by atoms with Gasteiger partial charge in [0.25, 0.3) is 0 Å². The van der Waals surface area contributed by atoms with Gasteiger partial charge in [-0.15, -0.1) is 6.58 Å². The van der Waals surface area contributed by atoms with Crippen LogP contribution in [0.15, 0.2) is 30.9 Å².